The number of benzene rings is 1. The summed E-state index contributed by atoms with van der Waals surface area (Å²) in [5.41, 5.74) is 1.87. The van der Waals surface area contributed by atoms with Crippen molar-refractivity contribution in [1.29, 1.82) is 0 Å². The summed E-state index contributed by atoms with van der Waals surface area (Å²) in [6.45, 7) is 13.3. The number of rotatable bonds is 4. The highest BCUT2D eigenvalue weighted by molar-refractivity contribution is 5.49. The Hall–Kier alpha value is -1.13. The Kier molecular flexibility index (Phi) is 5.77. The van der Waals surface area contributed by atoms with Crippen LogP contribution in [0.15, 0.2) is 18.2 Å². The molecule has 0 atom stereocenters. The molecule has 0 spiro atoms. The van der Waals surface area contributed by atoms with Gasteiger partial charge in [0.15, 0.2) is 0 Å². The molecule has 0 unspecified atom stereocenters. The second kappa shape index (κ2) is 7.83. The van der Waals surface area contributed by atoms with E-state index in [2.05, 4.69) is 41.5 Å². The lowest BCUT2D eigenvalue weighted by Gasteiger charge is -2.44. The van der Waals surface area contributed by atoms with Crippen LogP contribution in [0.2, 0.25) is 0 Å². The van der Waals surface area contributed by atoms with Crippen molar-refractivity contribution in [3.63, 3.8) is 0 Å². The highest BCUT2D eigenvalue weighted by Crippen LogP contribution is 2.26. The highest BCUT2D eigenvalue weighted by Gasteiger charge is 2.28. The van der Waals surface area contributed by atoms with Gasteiger partial charge in [0.05, 0.1) is 5.69 Å². The minimum atomic E-state index is -0.0571. The zero-order valence-corrected chi connectivity index (χ0v) is 15.5. The van der Waals surface area contributed by atoms with Crippen LogP contribution in [0, 0.1) is 5.82 Å². The van der Waals surface area contributed by atoms with Crippen molar-refractivity contribution in [3.05, 3.63) is 29.6 Å². The molecule has 24 heavy (non-hydrogen) atoms. The third kappa shape index (κ3) is 3.92. The van der Waals surface area contributed by atoms with Crippen molar-refractivity contribution in [2.45, 2.75) is 52.1 Å². The zero-order valence-electron chi connectivity index (χ0n) is 15.5. The third-order valence-corrected chi connectivity index (χ3v) is 5.82. The number of piperidine rings is 1. The zero-order chi connectivity index (χ0) is 17.1. The number of piperazine rings is 1. The fraction of sp³-hybridized carbons (Fsp3) is 0.700. The lowest BCUT2D eigenvalue weighted by Crippen LogP contribution is -2.54. The summed E-state index contributed by atoms with van der Waals surface area (Å²) >= 11 is 0. The van der Waals surface area contributed by atoms with Gasteiger partial charge < -0.3 is 4.90 Å². The smallest absolute Gasteiger partial charge is 0.146 e. The average Bonchev–Trinajstić information content (AvgIpc) is 2.62. The standard InChI is InChI=1S/C20H32FN3/c1-4-17-5-6-20(19(21)15-17)24-9-7-18(8-10-24)23-13-11-22(12-14-23)16(2)3/h5-6,15-16,18H,4,7-14H2,1-3H3. The van der Waals surface area contributed by atoms with Gasteiger partial charge in [0.2, 0.25) is 0 Å². The van der Waals surface area contributed by atoms with Gasteiger partial charge in [-0.15, -0.1) is 0 Å². The molecule has 0 aromatic heterocycles. The van der Waals surface area contributed by atoms with Crippen LogP contribution in [0.25, 0.3) is 0 Å². The van der Waals surface area contributed by atoms with Crippen molar-refractivity contribution in [2.24, 2.45) is 0 Å². The van der Waals surface area contributed by atoms with Gasteiger partial charge in [-0.2, -0.15) is 0 Å². The van der Waals surface area contributed by atoms with Crippen LogP contribution in [0.5, 0.6) is 0 Å². The Morgan fingerprint density at radius 3 is 2.25 bits per heavy atom. The average molecular weight is 333 g/mol. The molecule has 2 aliphatic rings. The van der Waals surface area contributed by atoms with E-state index in [1.165, 1.54) is 26.2 Å². The molecular weight excluding hydrogens is 301 g/mol. The number of hydrogen-bond acceptors (Lipinski definition) is 3. The minimum absolute atomic E-state index is 0.0571. The normalized spacial score (nSPS) is 21.6. The predicted octanol–water partition coefficient (Wildman–Crippen LogP) is 3.38. The van der Waals surface area contributed by atoms with Gasteiger partial charge in [-0.1, -0.05) is 13.0 Å². The molecule has 2 fully saturated rings. The SMILES string of the molecule is CCc1ccc(N2CCC(N3CCN(C(C)C)CC3)CC2)c(F)c1. The molecule has 4 heteroatoms. The molecule has 1 aromatic carbocycles. The maximum absolute atomic E-state index is 14.3. The van der Waals surface area contributed by atoms with Crippen molar-refractivity contribution < 1.29 is 4.39 Å². The molecular formula is C20H32FN3. The van der Waals surface area contributed by atoms with Crippen LogP contribution in [0.1, 0.15) is 39.2 Å². The lowest BCUT2D eigenvalue weighted by atomic mass is 10.0. The second-order valence-corrected chi connectivity index (χ2v) is 7.52. The Labute approximate surface area is 146 Å². The van der Waals surface area contributed by atoms with E-state index in [4.69, 9.17) is 0 Å². The molecule has 2 heterocycles. The second-order valence-electron chi connectivity index (χ2n) is 7.52. The van der Waals surface area contributed by atoms with Crippen molar-refractivity contribution in [3.8, 4) is 0 Å². The van der Waals surface area contributed by atoms with E-state index in [0.29, 0.717) is 12.1 Å². The van der Waals surface area contributed by atoms with Gasteiger partial charge in [0.25, 0.3) is 0 Å². The first-order chi connectivity index (χ1) is 11.6. The van der Waals surface area contributed by atoms with E-state index >= 15 is 0 Å². The number of aryl methyl sites for hydroxylation is 1. The molecule has 2 aliphatic heterocycles. The monoisotopic (exact) mass is 333 g/mol. The van der Waals surface area contributed by atoms with Gasteiger partial charge in [0.1, 0.15) is 5.82 Å². The van der Waals surface area contributed by atoms with Crippen LogP contribution in [-0.2, 0) is 6.42 Å². The van der Waals surface area contributed by atoms with E-state index in [9.17, 15) is 4.39 Å². The molecule has 0 saturated carbocycles. The highest BCUT2D eigenvalue weighted by atomic mass is 19.1. The maximum atomic E-state index is 14.3. The third-order valence-electron chi connectivity index (χ3n) is 5.82. The fourth-order valence-electron chi connectivity index (χ4n) is 4.12. The molecule has 0 radical (unpaired) electrons. The Bertz CT molecular complexity index is 530. The van der Waals surface area contributed by atoms with Gasteiger partial charge >= 0.3 is 0 Å². The van der Waals surface area contributed by atoms with Crippen molar-refractivity contribution in [2.75, 3.05) is 44.2 Å². The molecule has 2 saturated heterocycles. The first-order valence-corrected chi connectivity index (χ1v) is 9.60. The molecule has 134 valence electrons. The summed E-state index contributed by atoms with van der Waals surface area (Å²) < 4.78 is 14.3. The predicted molar refractivity (Wildman–Crippen MR) is 99.3 cm³/mol. The van der Waals surface area contributed by atoms with Crippen LogP contribution >= 0.6 is 0 Å². The van der Waals surface area contributed by atoms with E-state index < -0.39 is 0 Å². The van der Waals surface area contributed by atoms with Crippen LogP contribution < -0.4 is 4.90 Å². The molecule has 0 N–H and O–H groups in total. The van der Waals surface area contributed by atoms with E-state index in [1.807, 2.05) is 6.07 Å². The number of halogens is 1. The molecule has 0 amide bonds. The van der Waals surface area contributed by atoms with Gasteiger partial charge in [-0.3, -0.25) is 9.80 Å². The number of anilines is 1. The molecule has 3 rings (SSSR count). The molecule has 3 nitrogen and oxygen atoms in total. The van der Waals surface area contributed by atoms with Gasteiger partial charge in [-0.05, 0) is 50.8 Å². The van der Waals surface area contributed by atoms with Crippen LogP contribution in [-0.4, -0.2) is 61.2 Å². The molecule has 0 aliphatic carbocycles. The van der Waals surface area contributed by atoms with E-state index in [1.54, 1.807) is 6.07 Å². The quantitative estimate of drug-likeness (QED) is 0.836. The first kappa shape index (κ1) is 17.7. The van der Waals surface area contributed by atoms with Crippen LogP contribution in [0.3, 0.4) is 0 Å². The first-order valence-electron chi connectivity index (χ1n) is 9.60. The summed E-state index contributed by atoms with van der Waals surface area (Å²) in [5, 5.41) is 0. The number of hydrogen-bond donors (Lipinski definition) is 0. The van der Waals surface area contributed by atoms with Crippen LogP contribution in [0.4, 0.5) is 10.1 Å². The Morgan fingerprint density at radius 2 is 1.71 bits per heavy atom. The summed E-state index contributed by atoms with van der Waals surface area (Å²) in [5.74, 6) is -0.0571. The van der Waals surface area contributed by atoms with Crippen molar-refractivity contribution in [1.82, 2.24) is 9.80 Å². The maximum Gasteiger partial charge on any atom is 0.146 e. The number of nitrogens with zero attached hydrogens (tertiary/aromatic N) is 3. The van der Waals surface area contributed by atoms with E-state index in [-0.39, 0.29) is 5.82 Å². The summed E-state index contributed by atoms with van der Waals surface area (Å²) in [7, 11) is 0. The Balaban J connectivity index is 1.53. The minimum Gasteiger partial charge on any atom is -0.369 e. The summed E-state index contributed by atoms with van der Waals surface area (Å²) in [6.07, 6.45) is 3.19. The van der Waals surface area contributed by atoms with Gasteiger partial charge in [-0.25, -0.2) is 4.39 Å². The fourth-order valence-corrected chi connectivity index (χ4v) is 4.12. The summed E-state index contributed by atoms with van der Waals surface area (Å²) in [4.78, 5) is 7.46. The largest absolute Gasteiger partial charge is 0.369 e. The van der Waals surface area contributed by atoms with E-state index in [0.717, 1.165) is 43.6 Å². The molecule has 1 aromatic rings. The van der Waals surface area contributed by atoms with Gasteiger partial charge in [0, 0.05) is 51.4 Å². The Morgan fingerprint density at radius 1 is 1.04 bits per heavy atom. The molecule has 0 bridgehead atoms. The van der Waals surface area contributed by atoms with Crippen molar-refractivity contribution >= 4 is 5.69 Å². The summed E-state index contributed by atoms with van der Waals surface area (Å²) in [6, 6.07) is 7.06. The topological polar surface area (TPSA) is 9.72 Å². The lowest BCUT2D eigenvalue weighted by molar-refractivity contribution is 0.0692.